The van der Waals surface area contributed by atoms with Crippen molar-refractivity contribution in [1.29, 1.82) is 0 Å². The molecule has 3 heteroatoms. The number of aryl methyl sites for hydroxylation is 2. The molecule has 0 aromatic heterocycles. The minimum atomic E-state index is -0.280. The van der Waals surface area contributed by atoms with Crippen molar-refractivity contribution in [3.05, 3.63) is 64.7 Å². The van der Waals surface area contributed by atoms with Gasteiger partial charge in [0.25, 0.3) is 0 Å². The van der Waals surface area contributed by atoms with Crippen LogP contribution >= 0.6 is 0 Å². The SMILES string of the molecule is CC(=O)O[C@H]1c2cc(C)ccc2N[C@@H](c2ccc(C)cc2)C1(C)C. The van der Waals surface area contributed by atoms with Crippen LogP contribution in [0.2, 0.25) is 0 Å². The van der Waals surface area contributed by atoms with Crippen LogP contribution in [0.15, 0.2) is 42.5 Å². The van der Waals surface area contributed by atoms with Gasteiger partial charge in [0.2, 0.25) is 0 Å². The van der Waals surface area contributed by atoms with Gasteiger partial charge < -0.3 is 10.1 Å². The highest BCUT2D eigenvalue weighted by Crippen LogP contribution is 2.53. The van der Waals surface area contributed by atoms with Crippen LogP contribution in [0.25, 0.3) is 0 Å². The predicted octanol–water partition coefficient (Wildman–Crippen LogP) is 5.10. The molecule has 2 aromatic rings. The first kappa shape index (κ1) is 16.6. The van der Waals surface area contributed by atoms with Crippen LogP contribution in [0.3, 0.4) is 0 Å². The molecule has 0 saturated heterocycles. The normalized spacial score (nSPS) is 21.5. The molecule has 0 aliphatic carbocycles. The summed E-state index contributed by atoms with van der Waals surface area (Å²) in [6.07, 6.45) is -0.280. The topological polar surface area (TPSA) is 38.3 Å². The summed E-state index contributed by atoms with van der Waals surface area (Å²) in [4.78, 5) is 11.7. The van der Waals surface area contributed by atoms with Crippen molar-refractivity contribution < 1.29 is 9.53 Å². The van der Waals surface area contributed by atoms with E-state index in [9.17, 15) is 4.79 Å². The third kappa shape index (κ3) is 2.91. The molecule has 0 unspecified atom stereocenters. The number of esters is 1. The molecule has 3 rings (SSSR count). The quantitative estimate of drug-likeness (QED) is 0.781. The van der Waals surface area contributed by atoms with E-state index < -0.39 is 0 Å². The molecule has 24 heavy (non-hydrogen) atoms. The summed E-state index contributed by atoms with van der Waals surface area (Å²) < 4.78 is 5.78. The Morgan fingerprint density at radius 2 is 1.67 bits per heavy atom. The summed E-state index contributed by atoms with van der Waals surface area (Å²) >= 11 is 0. The molecular weight excluding hydrogens is 298 g/mol. The highest BCUT2D eigenvalue weighted by Gasteiger charge is 2.45. The Balaban J connectivity index is 2.11. The maximum Gasteiger partial charge on any atom is 0.303 e. The fourth-order valence-corrected chi connectivity index (χ4v) is 3.58. The third-order valence-corrected chi connectivity index (χ3v) is 4.90. The maximum absolute atomic E-state index is 11.7. The van der Waals surface area contributed by atoms with Gasteiger partial charge in [-0.1, -0.05) is 61.4 Å². The van der Waals surface area contributed by atoms with Gasteiger partial charge in [0.15, 0.2) is 0 Å². The molecule has 0 spiro atoms. The van der Waals surface area contributed by atoms with Gasteiger partial charge in [0.1, 0.15) is 6.10 Å². The minimum Gasteiger partial charge on any atom is -0.457 e. The van der Waals surface area contributed by atoms with Crippen molar-refractivity contribution in [3.63, 3.8) is 0 Å². The van der Waals surface area contributed by atoms with Crippen LogP contribution in [0.5, 0.6) is 0 Å². The number of benzene rings is 2. The van der Waals surface area contributed by atoms with E-state index in [4.69, 9.17) is 4.74 Å². The molecular formula is C21H25NO2. The molecule has 126 valence electrons. The standard InChI is InChI=1S/C21H25NO2/c1-13-6-9-16(10-7-13)19-21(4,5)20(24-15(3)23)17-12-14(2)8-11-18(17)22-19/h6-12,19-20,22H,1-5H3/t19-,20-/m0/s1. The van der Waals surface area contributed by atoms with Crippen molar-refractivity contribution >= 4 is 11.7 Å². The van der Waals surface area contributed by atoms with Crippen LogP contribution in [0, 0.1) is 19.3 Å². The Kier molecular flexibility index (Phi) is 4.12. The van der Waals surface area contributed by atoms with Crippen LogP contribution in [0.1, 0.15) is 55.2 Å². The van der Waals surface area contributed by atoms with E-state index >= 15 is 0 Å². The van der Waals surface area contributed by atoms with Crippen LogP contribution < -0.4 is 5.32 Å². The average Bonchev–Trinajstić information content (AvgIpc) is 2.51. The van der Waals surface area contributed by atoms with Gasteiger partial charge in [-0.25, -0.2) is 0 Å². The number of ether oxygens (including phenoxy) is 1. The number of carbonyl (C=O) groups is 1. The van der Waals surface area contributed by atoms with Gasteiger partial charge in [0.05, 0.1) is 6.04 Å². The Morgan fingerprint density at radius 3 is 2.29 bits per heavy atom. The fraction of sp³-hybridized carbons (Fsp3) is 0.381. The number of rotatable bonds is 2. The molecule has 0 radical (unpaired) electrons. The Morgan fingerprint density at radius 1 is 1.04 bits per heavy atom. The number of hydrogen-bond acceptors (Lipinski definition) is 3. The number of carbonyl (C=O) groups excluding carboxylic acids is 1. The molecule has 0 amide bonds. The summed E-state index contributed by atoms with van der Waals surface area (Å²) in [5, 5.41) is 3.66. The molecule has 2 atom stereocenters. The zero-order valence-electron chi connectivity index (χ0n) is 15.0. The average molecular weight is 323 g/mol. The summed E-state index contributed by atoms with van der Waals surface area (Å²) in [6.45, 7) is 9.94. The van der Waals surface area contributed by atoms with Gasteiger partial charge >= 0.3 is 5.97 Å². The van der Waals surface area contributed by atoms with Crippen LogP contribution in [0.4, 0.5) is 5.69 Å². The molecule has 0 fully saturated rings. The van der Waals surface area contributed by atoms with E-state index in [2.05, 4.69) is 75.5 Å². The zero-order valence-corrected chi connectivity index (χ0v) is 15.0. The Labute approximate surface area is 144 Å². The van der Waals surface area contributed by atoms with E-state index in [1.165, 1.54) is 18.1 Å². The minimum absolute atomic E-state index is 0.0673. The summed E-state index contributed by atoms with van der Waals surface area (Å²) in [5.41, 5.74) is 5.42. The monoisotopic (exact) mass is 323 g/mol. The number of hydrogen-bond donors (Lipinski definition) is 1. The van der Waals surface area contributed by atoms with Crippen molar-refractivity contribution in [2.75, 3.05) is 5.32 Å². The first-order valence-corrected chi connectivity index (χ1v) is 8.40. The van der Waals surface area contributed by atoms with E-state index in [1.807, 2.05) is 0 Å². The van der Waals surface area contributed by atoms with Gasteiger partial charge in [0, 0.05) is 23.6 Å². The molecule has 3 nitrogen and oxygen atoms in total. The highest BCUT2D eigenvalue weighted by molar-refractivity contribution is 5.68. The maximum atomic E-state index is 11.7. The van der Waals surface area contributed by atoms with Gasteiger partial charge in [-0.2, -0.15) is 0 Å². The highest BCUT2D eigenvalue weighted by atomic mass is 16.5. The number of fused-ring (bicyclic) bond motifs is 1. The van der Waals surface area contributed by atoms with E-state index in [0.29, 0.717) is 0 Å². The lowest BCUT2D eigenvalue weighted by Crippen LogP contribution is -2.40. The zero-order chi connectivity index (χ0) is 17.5. The number of nitrogens with one attached hydrogen (secondary N) is 1. The van der Waals surface area contributed by atoms with Crippen molar-refractivity contribution in [3.8, 4) is 0 Å². The lowest BCUT2D eigenvalue weighted by molar-refractivity contribution is -0.154. The Bertz CT molecular complexity index is 762. The molecule has 1 aliphatic heterocycles. The van der Waals surface area contributed by atoms with E-state index in [1.54, 1.807) is 0 Å². The van der Waals surface area contributed by atoms with Crippen molar-refractivity contribution in [1.82, 2.24) is 0 Å². The molecule has 1 aliphatic rings. The second-order valence-electron chi connectivity index (χ2n) is 7.39. The molecule has 1 N–H and O–H groups in total. The molecule has 1 heterocycles. The first-order valence-electron chi connectivity index (χ1n) is 8.40. The molecule has 0 bridgehead atoms. The van der Waals surface area contributed by atoms with Gasteiger partial charge in [-0.3, -0.25) is 4.79 Å². The lowest BCUT2D eigenvalue weighted by atomic mass is 9.70. The summed E-state index contributed by atoms with van der Waals surface area (Å²) in [7, 11) is 0. The van der Waals surface area contributed by atoms with Gasteiger partial charge in [-0.05, 0) is 25.5 Å². The van der Waals surface area contributed by atoms with Gasteiger partial charge in [-0.15, -0.1) is 0 Å². The van der Waals surface area contributed by atoms with E-state index in [0.717, 1.165) is 16.8 Å². The van der Waals surface area contributed by atoms with E-state index in [-0.39, 0.29) is 23.5 Å². The summed E-state index contributed by atoms with van der Waals surface area (Å²) in [6, 6.07) is 14.9. The first-order chi connectivity index (χ1) is 11.3. The second kappa shape index (κ2) is 5.97. The lowest BCUT2D eigenvalue weighted by Gasteiger charge is -2.46. The van der Waals surface area contributed by atoms with Crippen molar-refractivity contribution in [2.24, 2.45) is 5.41 Å². The summed E-state index contributed by atoms with van der Waals surface area (Å²) in [5.74, 6) is -0.245. The second-order valence-corrected chi connectivity index (χ2v) is 7.39. The Hall–Kier alpha value is -2.29. The predicted molar refractivity (Wildman–Crippen MR) is 97.0 cm³/mol. The number of anilines is 1. The largest absolute Gasteiger partial charge is 0.457 e. The molecule has 2 aromatic carbocycles. The van der Waals surface area contributed by atoms with Crippen LogP contribution in [-0.4, -0.2) is 5.97 Å². The molecule has 0 saturated carbocycles. The fourth-order valence-electron chi connectivity index (χ4n) is 3.58. The third-order valence-electron chi connectivity index (χ3n) is 4.90. The van der Waals surface area contributed by atoms with Crippen molar-refractivity contribution in [2.45, 2.75) is 46.8 Å². The van der Waals surface area contributed by atoms with Crippen LogP contribution in [-0.2, 0) is 9.53 Å². The smallest absolute Gasteiger partial charge is 0.303 e.